The number of aryl methyl sites for hydroxylation is 1. The number of hydrogen-bond donors (Lipinski definition) is 1. The van der Waals surface area contributed by atoms with E-state index >= 15 is 0 Å². The van der Waals surface area contributed by atoms with E-state index in [-0.39, 0.29) is 12.2 Å². The van der Waals surface area contributed by atoms with Gasteiger partial charge in [0.15, 0.2) is 0 Å². The number of ether oxygens (including phenoxy) is 1. The van der Waals surface area contributed by atoms with Crippen LogP contribution < -0.4 is 4.74 Å². The Morgan fingerprint density at radius 2 is 2.06 bits per heavy atom. The summed E-state index contributed by atoms with van der Waals surface area (Å²) in [5.41, 5.74) is 1.28. The minimum absolute atomic E-state index is 0.0618. The highest BCUT2D eigenvalue weighted by Gasteiger charge is 2.34. The molecule has 2 nitrogen and oxygen atoms in total. The van der Waals surface area contributed by atoms with Gasteiger partial charge in [0.2, 0.25) is 0 Å². The van der Waals surface area contributed by atoms with Crippen molar-refractivity contribution in [3.63, 3.8) is 0 Å². The second-order valence-electron chi connectivity index (χ2n) is 5.70. The van der Waals surface area contributed by atoms with E-state index in [0.29, 0.717) is 11.8 Å². The minimum atomic E-state index is -0.339. The molecule has 1 N–H and O–H groups in total. The van der Waals surface area contributed by atoms with E-state index < -0.39 is 0 Å². The van der Waals surface area contributed by atoms with Crippen molar-refractivity contribution >= 4 is 0 Å². The third kappa shape index (κ3) is 3.05. The van der Waals surface area contributed by atoms with Crippen LogP contribution in [-0.2, 0) is 6.42 Å². The Labute approximate surface area is 110 Å². The average molecular weight is 248 g/mol. The van der Waals surface area contributed by atoms with Crippen molar-refractivity contribution in [3.8, 4) is 5.75 Å². The molecule has 100 valence electrons. The van der Waals surface area contributed by atoms with E-state index in [2.05, 4.69) is 32.9 Å². The molecule has 2 rings (SSSR count). The van der Waals surface area contributed by atoms with Gasteiger partial charge in [-0.3, -0.25) is 0 Å². The SMILES string of the molecule is CCc1cccc(OC2C(C)CC(C)CC2O)c1. The molecule has 1 saturated carbocycles. The first-order valence-electron chi connectivity index (χ1n) is 7.03. The molecular weight excluding hydrogens is 224 g/mol. The lowest BCUT2D eigenvalue weighted by molar-refractivity contribution is -0.0388. The van der Waals surface area contributed by atoms with Gasteiger partial charge in [0, 0.05) is 0 Å². The molecular formula is C16H24O2. The topological polar surface area (TPSA) is 29.5 Å². The largest absolute Gasteiger partial charge is 0.487 e. The molecule has 0 aliphatic heterocycles. The highest BCUT2D eigenvalue weighted by Crippen LogP contribution is 2.32. The van der Waals surface area contributed by atoms with Gasteiger partial charge in [-0.05, 0) is 48.8 Å². The Hall–Kier alpha value is -1.02. The quantitative estimate of drug-likeness (QED) is 0.888. The summed E-state index contributed by atoms with van der Waals surface area (Å²) in [4.78, 5) is 0. The average Bonchev–Trinajstić information content (AvgIpc) is 2.34. The van der Waals surface area contributed by atoms with Crippen LogP contribution in [0.25, 0.3) is 0 Å². The standard InChI is InChI=1S/C16H24O2/c1-4-13-6-5-7-14(10-13)18-16-12(3)8-11(2)9-15(16)17/h5-7,10-12,15-17H,4,8-9H2,1-3H3. The lowest BCUT2D eigenvalue weighted by Crippen LogP contribution is -2.43. The molecule has 0 bridgehead atoms. The number of benzene rings is 1. The highest BCUT2D eigenvalue weighted by molar-refractivity contribution is 5.28. The lowest BCUT2D eigenvalue weighted by atomic mass is 9.79. The summed E-state index contributed by atoms with van der Waals surface area (Å²) >= 11 is 0. The van der Waals surface area contributed by atoms with Gasteiger partial charge in [0.05, 0.1) is 6.10 Å². The van der Waals surface area contributed by atoms with Crippen LogP contribution >= 0.6 is 0 Å². The fourth-order valence-electron chi connectivity index (χ4n) is 2.98. The molecule has 2 heteroatoms. The first-order valence-corrected chi connectivity index (χ1v) is 7.03. The van der Waals surface area contributed by atoms with Crippen LogP contribution in [0.5, 0.6) is 5.75 Å². The zero-order valence-electron chi connectivity index (χ0n) is 11.6. The van der Waals surface area contributed by atoms with E-state index in [1.54, 1.807) is 0 Å². The highest BCUT2D eigenvalue weighted by atomic mass is 16.5. The number of hydrogen-bond acceptors (Lipinski definition) is 2. The molecule has 0 spiro atoms. The van der Waals surface area contributed by atoms with Gasteiger partial charge in [-0.2, -0.15) is 0 Å². The number of aliphatic hydroxyl groups excluding tert-OH is 1. The third-order valence-corrected chi connectivity index (χ3v) is 3.94. The molecule has 0 saturated heterocycles. The number of rotatable bonds is 3. The van der Waals surface area contributed by atoms with Gasteiger partial charge in [-0.25, -0.2) is 0 Å². The monoisotopic (exact) mass is 248 g/mol. The maximum Gasteiger partial charge on any atom is 0.127 e. The number of aliphatic hydroxyl groups is 1. The van der Waals surface area contributed by atoms with Gasteiger partial charge in [-0.1, -0.05) is 32.9 Å². The first kappa shape index (κ1) is 13.4. The maximum atomic E-state index is 10.2. The molecule has 1 aromatic carbocycles. The molecule has 1 aromatic rings. The Morgan fingerprint density at radius 3 is 2.72 bits per heavy atom. The third-order valence-electron chi connectivity index (χ3n) is 3.94. The Kier molecular flexibility index (Phi) is 4.28. The van der Waals surface area contributed by atoms with Crippen LogP contribution in [0.4, 0.5) is 0 Å². The maximum absolute atomic E-state index is 10.2. The van der Waals surface area contributed by atoms with Crippen LogP contribution in [0.1, 0.15) is 39.2 Å². The second-order valence-corrected chi connectivity index (χ2v) is 5.70. The van der Waals surface area contributed by atoms with E-state index in [0.717, 1.165) is 25.0 Å². The Morgan fingerprint density at radius 1 is 1.28 bits per heavy atom. The fourth-order valence-corrected chi connectivity index (χ4v) is 2.98. The van der Waals surface area contributed by atoms with Crippen molar-refractivity contribution in [2.24, 2.45) is 11.8 Å². The molecule has 1 aliphatic carbocycles. The molecule has 1 fully saturated rings. The van der Waals surface area contributed by atoms with Crippen LogP contribution in [0.15, 0.2) is 24.3 Å². The van der Waals surface area contributed by atoms with E-state index in [9.17, 15) is 5.11 Å². The predicted molar refractivity (Wildman–Crippen MR) is 73.8 cm³/mol. The summed E-state index contributed by atoms with van der Waals surface area (Å²) in [5, 5.41) is 10.2. The molecule has 4 atom stereocenters. The van der Waals surface area contributed by atoms with Crippen LogP contribution in [-0.4, -0.2) is 17.3 Å². The Balaban J connectivity index is 2.07. The first-order chi connectivity index (χ1) is 8.60. The molecule has 0 amide bonds. The van der Waals surface area contributed by atoms with Gasteiger partial charge < -0.3 is 9.84 Å². The summed E-state index contributed by atoms with van der Waals surface area (Å²) < 4.78 is 6.02. The summed E-state index contributed by atoms with van der Waals surface area (Å²) in [6.07, 6.45) is 2.59. The van der Waals surface area contributed by atoms with Crippen molar-refractivity contribution < 1.29 is 9.84 Å². The zero-order valence-corrected chi connectivity index (χ0v) is 11.6. The normalized spacial score (nSPS) is 32.2. The second kappa shape index (κ2) is 5.75. The molecule has 4 unspecified atom stereocenters. The van der Waals surface area contributed by atoms with Crippen LogP contribution in [0, 0.1) is 11.8 Å². The summed E-state index contributed by atoms with van der Waals surface area (Å²) in [7, 11) is 0. The van der Waals surface area contributed by atoms with E-state index in [1.165, 1.54) is 5.56 Å². The van der Waals surface area contributed by atoms with Crippen molar-refractivity contribution in [3.05, 3.63) is 29.8 Å². The predicted octanol–water partition coefficient (Wildman–Crippen LogP) is 3.42. The smallest absolute Gasteiger partial charge is 0.127 e. The summed E-state index contributed by atoms with van der Waals surface area (Å²) in [6.45, 7) is 6.51. The minimum Gasteiger partial charge on any atom is -0.487 e. The lowest BCUT2D eigenvalue weighted by Gasteiger charge is -2.36. The van der Waals surface area contributed by atoms with Gasteiger partial charge in [-0.15, -0.1) is 0 Å². The van der Waals surface area contributed by atoms with Crippen molar-refractivity contribution in [1.29, 1.82) is 0 Å². The molecule has 0 radical (unpaired) electrons. The van der Waals surface area contributed by atoms with Crippen LogP contribution in [0.2, 0.25) is 0 Å². The van der Waals surface area contributed by atoms with Crippen molar-refractivity contribution in [1.82, 2.24) is 0 Å². The van der Waals surface area contributed by atoms with Crippen molar-refractivity contribution in [2.75, 3.05) is 0 Å². The van der Waals surface area contributed by atoms with Gasteiger partial charge in [0.1, 0.15) is 11.9 Å². The zero-order chi connectivity index (χ0) is 13.1. The van der Waals surface area contributed by atoms with E-state index in [4.69, 9.17) is 4.74 Å². The molecule has 0 aromatic heterocycles. The fraction of sp³-hybridized carbons (Fsp3) is 0.625. The Bertz CT molecular complexity index is 376. The molecule has 1 aliphatic rings. The van der Waals surface area contributed by atoms with Gasteiger partial charge in [0.25, 0.3) is 0 Å². The van der Waals surface area contributed by atoms with Crippen molar-refractivity contribution in [2.45, 2.75) is 52.2 Å². The molecule has 18 heavy (non-hydrogen) atoms. The van der Waals surface area contributed by atoms with Crippen LogP contribution in [0.3, 0.4) is 0 Å². The molecule has 0 heterocycles. The van der Waals surface area contributed by atoms with Gasteiger partial charge >= 0.3 is 0 Å². The van der Waals surface area contributed by atoms with E-state index in [1.807, 2.05) is 12.1 Å². The summed E-state index contributed by atoms with van der Waals surface area (Å²) in [5.74, 6) is 1.89. The summed E-state index contributed by atoms with van der Waals surface area (Å²) in [6, 6.07) is 8.19.